The van der Waals surface area contributed by atoms with Crippen molar-refractivity contribution in [1.82, 2.24) is 0 Å². The molecule has 2 nitrogen and oxygen atoms in total. The number of ether oxygens (including phenoxy) is 1. The first-order valence-electron chi connectivity index (χ1n) is 4.65. The monoisotopic (exact) mass is 172 g/mol. The number of esters is 1. The van der Waals surface area contributed by atoms with Crippen LogP contribution in [0.3, 0.4) is 0 Å². The molecule has 0 N–H and O–H groups in total. The number of methoxy groups -OCH3 is 1. The molecule has 12 heavy (non-hydrogen) atoms. The molecule has 2 heteroatoms. The van der Waals surface area contributed by atoms with Crippen LogP contribution in [0.5, 0.6) is 0 Å². The van der Waals surface area contributed by atoms with E-state index in [-0.39, 0.29) is 11.9 Å². The fourth-order valence-electron chi connectivity index (χ4n) is 1.15. The number of rotatable bonds is 5. The summed E-state index contributed by atoms with van der Waals surface area (Å²) < 4.78 is 4.63. The van der Waals surface area contributed by atoms with Crippen molar-refractivity contribution < 1.29 is 9.53 Å². The summed E-state index contributed by atoms with van der Waals surface area (Å²) in [6.07, 6.45) is 3.26. The summed E-state index contributed by atoms with van der Waals surface area (Å²) in [5.74, 6) is 0.711. The van der Waals surface area contributed by atoms with Crippen LogP contribution in [-0.2, 0) is 9.53 Å². The van der Waals surface area contributed by atoms with Crippen molar-refractivity contribution in [2.45, 2.75) is 40.0 Å². The Morgan fingerprint density at radius 3 is 2.25 bits per heavy atom. The second-order valence-corrected chi connectivity index (χ2v) is 3.75. The van der Waals surface area contributed by atoms with Crippen molar-refractivity contribution >= 4 is 5.97 Å². The summed E-state index contributed by atoms with van der Waals surface area (Å²) in [5, 5.41) is 0. The molecule has 1 unspecified atom stereocenters. The molecule has 0 saturated carbocycles. The topological polar surface area (TPSA) is 26.3 Å². The first-order chi connectivity index (χ1) is 5.57. The summed E-state index contributed by atoms with van der Waals surface area (Å²) in [4.78, 5) is 11.0. The zero-order valence-electron chi connectivity index (χ0n) is 8.59. The largest absolute Gasteiger partial charge is 0.469 e. The SMILES string of the molecule is COC(=O)C(C)CCCC(C)C. The highest BCUT2D eigenvalue weighted by molar-refractivity contribution is 5.71. The maximum absolute atomic E-state index is 11.0. The molecule has 0 aromatic heterocycles. The average molecular weight is 172 g/mol. The average Bonchev–Trinajstić information content (AvgIpc) is 2.02. The lowest BCUT2D eigenvalue weighted by Gasteiger charge is -2.09. The van der Waals surface area contributed by atoms with Crippen molar-refractivity contribution in [3.63, 3.8) is 0 Å². The van der Waals surface area contributed by atoms with Crippen LogP contribution >= 0.6 is 0 Å². The van der Waals surface area contributed by atoms with Gasteiger partial charge in [-0.05, 0) is 12.3 Å². The Kier molecular flexibility index (Phi) is 5.77. The zero-order valence-corrected chi connectivity index (χ0v) is 8.59. The summed E-state index contributed by atoms with van der Waals surface area (Å²) in [6.45, 7) is 6.32. The number of carbonyl (C=O) groups excluding carboxylic acids is 1. The highest BCUT2D eigenvalue weighted by Gasteiger charge is 2.11. The van der Waals surface area contributed by atoms with Crippen LogP contribution in [0, 0.1) is 11.8 Å². The van der Waals surface area contributed by atoms with Gasteiger partial charge in [0.2, 0.25) is 0 Å². The summed E-state index contributed by atoms with van der Waals surface area (Å²) >= 11 is 0. The van der Waals surface area contributed by atoms with Crippen molar-refractivity contribution in [2.75, 3.05) is 7.11 Å². The van der Waals surface area contributed by atoms with Gasteiger partial charge in [0.05, 0.1) is 13.0 Å². The van der Waals surface area contributed by atoms with E-state index in [2.05, 4.69) is 18.6 Å². The van der Waals surface area contributed by atoms with Crippen LogP contribution in [0.4, 0.5) is 0 Å². The van der Waals surface area contributed by atoms with Gasteiger partial charge in [0, 0.05) is 0 Å². The van der Waals surface area contributed by atoms with Gasteiger partial charge in [-0.15, -0.1) is 0 Å². The molecule has 0 heterocycles. The van der Waals surface area contributed by atoms with Crippen molar-refractivity contribution in [2.24, 2.45) is 11.8 Å². The lowest BCUT2D eigenvalue weighted by molar-refractivity contribution is -0.145. The lowest BCUT2D eigenvalue weighted by atomic mass is 10.00. The molecule has 0 aliphatic rings. The van der Waals surface area contributed by atoms with Crippen LogP contribution in [0.25, 0.3) is 0 Å². The molecular formula is C10H20O2. The predicted octanol–water partition coefficient (Wildman–Crippen LogP) is 2.62. The van der Waals surface area contributed by atoms with Crippen molar-refractivity contribution in [3.8, 4) is 0 Å². The molecule has 0 spiro atoms. The molecule has 0 bridgehead atoms. The Balaban J connectivity index is 3.43. The predicted molar refractivity (Wildman–Crippen MR) is 49.9 cm³/mol. The minimum absolute atomic E-state index is 0.0637. The van der Waals surface area contributed by atoms with Gasteiger partial charge >= 0.3 is 5.97 Å². The highest BCUT2D eigenvalue weighted by atomic mass is 16.5. The third kappa shape index (κ3) is 5.16. The Morgan fingerprint density at radius 1 is 1.25 bits per heavy atom. The molecule has 72 valence electrons. The van der Waals surface area contributed by atoms with E-state index in [4.69, 9.17) is 0 Å². The van der Waals surface area contributed by atoms with Gasteiger partial charge in [0.15, 0.2) is 0 Å². The Bertz CT molecular complexity index is 130. The third-order valence-electron chi connectivity index (χ3n) is 2.02. The molecule has 0 aliphatic heterocycles. The molecule has 0 fully saturated rings. The van der Waals surface area contributed by atoms with Crippen LogP contribution in [0.15, 0.2) is 0 Å². The molecule has 0 aromatic rings. The second-order valence-electron chi connectivity index (χ2n) is 3.75. The number of hydrogen-bond acceptors (Lipinski definition) is 2. The van der Waals surface area contributed by atoms with E-state index in [9.17, 15) is 4.79 Å². The minimum atomic E-state index is -0.0845. The Labute approximate surface area is 75.3 Å². The first-order valence-corrected chi connectivity index (χ1v) is 4.65. The van der Waals surface area contributed by atoms with E-state index in [1.165, 1.54) is 13.5 Å². The maximum Gasteiger partial charge on any atom is 0.308 e. The zero-order chi connectivity index (χ0) is 9.56. The molecule has 1 atom stereocenters. The van der Waals surface area contributed by atoms with E-state index in [1.54, 1.807) is 0 Å². The summed E-state index contributed by atoms with van der Waals surface area (Å²) in [6, 6.07) is 0. The standard InChI is InChI=1S/C10H20O2/c1-8(2)6-5-7-9(3)10(11)12-4/h8-9H,5-7H2,1-4H3. The van der Waals surface area contributed by atoms with E-state index >= 15 is 0 Å². The van der Waals surface area contributed by atoms with Gasteiger partial charge in [-0.2, -0.15) is 0 Å². The molecular weight excluding hydrogens is 152 g/mol. The van der Waals surface area contributed by atoms with E-state index < -0.39 is 0 Å². The van der Waals surface area contributed by atoms with Crippen molar-refractivity contribution in [3.05, 3.63) is 0 Å². The van der Waals surface area contributed by atoms with Crippen LogP contribution in [-0.4, -0.2) is 13.1 Å². The Morgan fingerprint density at radius 2 is 1.83 bits per heavy atom. The van der Waals surface area contributed by atoms with Gasteiger partial charge in [-0.25, -0.2) is 0 Å². The van der Waals surface area contributed by atoms with Gasteiger partial charge < -0.3 is 4.74 Å². The smallest absolute Gasteiger partial charge is 0.308 e. The molecule has 0 aliphatic carbocycles. The summed E-state index contributed by atoms with van der Waals surface area (Å²) in [5.41, 5.74) is 0. The van der Waals surface area contributed by atoms with E-state index in [1.807, 2.05) is 6.92 Å². The van der Waals surface area contributed by atoms with Crippen LogP contribution < -0.4 is 0 Å². The lowest BCUT2D eigenvalue weighted by Crippen LogP contribution is -2.12. The summed E-state index contributed by atoms with van der Waals surface area (Å²) in [7, 11) is 1.45. The molecule has 0 amide bonds. The molecule has 0 saturated heterocycles. The first kappa shape index (κ1) is 11.5. The van der Waals surface area contributed by atoms with Gasteiger partial charge in [0.25, 0.3) is 0 Å². The van der Waals surface area contributed by atoms with Gasteiger partial charge in [-0.3, -0.25) is 4.79 Å². The normalized spacial score (nSPS) is 13.1. The molecule has 0 aromatic carbocycles. The number of carbonyl (C=O) groups is 1. The van der Waals surface area contributed by atoms with E-state index in [0.29, 0.717) is 0 Å². The third-order valence-corrected chi connectivity index (χ3v) is 2.02. The quantitative estimate of drug-likeness (QED) is 0.596. The molecule has 0 radical (unpaired) electrons. The van der Waals surface area contributed by atoms with Crippen LogP contribution in [0.1, 0.15) is 40.0 Å². The van der Waals surface area contributed by atoms with E-state index in [0.717, 1.165) is 18.8 Å². The second kappa shape index (κ2) is 6.04. The minimum Gasteiger partial charge on any atom is -0.469 e. The van der Waals surface area contributed by atoms with Gasteiger partial charge in [0.1, 0.15) is 0 Å². The fourth-order valence-corrected chi connectivity index (χ4v) is 1.15. The van der Waals surface area contributed by atoms with Crippen LogP contribution in [0.2, 0.25) is 0 Å². The van der Waals surface area contributed by atoms with Gasteiger partial charge in [-0.1, -0.05) is 33.6 Å². The Hall–Kier alpha value is -0.530. The maximum atomic E-state index is 11.0. The highest BCUT2D eigenvalue weighted by Crippen LogP contribution is 2.12. The molecule has 0 rings (SSSR count). The number of hydrogen-bond donors (Lipinski definition) is 0. The fraction of sp³-hybridized carbons (Fsp3) is 0.900. The van der Waals surface area contributed by atoms with Crippen molar-refractivity contribution in [1.29, 1.82) is 0 Å².